The molecule has 0 fully saturated rings. The fourth-order valence-corrected chi connectivity index (χ4v) is 2.83. The van der Waals surface area contributed by atoms with Crippen LogP contribution in [0.25, 0.3) is 11.0 Å². The van der Waals surface area contributed by atoms with Crippen molar-refractivity contribution in [2.24, 2.45) is 0 Å². The van der Waals surface area contributed by atoms with E-state index in [-0.39, 0.29) is 5.82 Å². The molecule has 0 aliphatic rings. The average Bonchev–Trinajstić information content (AvgIpc) is 2.65. The third-order valence-corrected chi connectivity index (χ3v) is 3.99. The number of nitrogens with zero attached hydrogens (tertiary/aromatic N) is 1. The van der Waals surface area contributed by atoms with Crippen LogP contribution in [0.15, 0.2) is 18.2 Å². The zero-order chi connectivity index (χ0) is 13.0. The number of H-pyrrole nitrogens is 1. The molecule has 0 saturated carbocycles. The van der Waals surface area contributed by atoms with E-state index in [1.165, 1.54) is 24.7 Å². The molecule has 1 heterocycles. The Labute approximate surface area is 116 Å². The maximum atomic E-state index is 13.3. The highest BCUT2D eigenvalue weighted by Crippen LogP contribution is 2.16. The lowest BCUT2D eigenvalue weighted by Gasteiger charge is -2.04. The minimum atomic E-state index is -0.215. The third-order valence-electron chi connectivity index (χ3n) is 2.97. The van der Waals surface area contributed by atoms with Crippen molar-refractivity contribution < 1.29 is 4.39 Å². The Kier molecular flexibility index (Phi) is 4.83. The standard InChI is InChI=1S/C13H17FN2S2/c1-18-8-4-2-3-7-16-12-9-10(14)5-6-11(12)15-13(16)17/h5-6,9H,2-4,7-8H2,1H3,(H,15,17). The summed E-state index contributed by atoms with van der Waals surface area (Å²) in [6.07, 6.45) is 5.62. The van der Waals surface area contributed by atoms with Crippen molar-refractivity contribution in [3.63, 3.8) is 0 Å². The molecule has 0 saturated heterocycles. The van der Waals surface area contributed by atoms with E-state index in [2.05, 4.69) is 11.2 Å². The van der Waals surface area contributed by atoms with Crippen LogP contribution < -0.4 is 0 Å². The maximum absolute atomic E-state index is 13.3. The topological polar surface area (TPSA) is 20.7 Å². The van der Waals surface area contributed by atoms with Crippen molar-refractivity contribution in [2.45, 2.75) is 25.8 Å². The minimum Gasteiger partial charge on any atom is -0.331 e. The summed E-state index contributed by atoms with van der Waals surface area (Å²) in [5.41, 5.74) is 1.77. The SMILES string of the molecule is CSCCCCCn1c(=S)[nH]c2ccc(F)cc21. The second kappa shape index (κ2) is 6.38. The summed E-state index contributed by atoms with van der Waals surface area (Å²) in [5, 5.41) is 0. The van der Waals surface area contributed by atoms with Crippen LogP contribution in [-0.4, -0.2) is 21.6 Å². The molecule has 2 nitrogen and oxygen atoms in total. The van der Waals surface area contributed by atoms with Crippen molar-refractivity contribution >= 4 is 35.0 Å². The van der Waals surface area contributed by atoms with Gasteiger partial charge in [0.15, 0.2) is 4.77 Å². The Morgan fingerprint density at radius 2 is 2.17 bits per heavy atom. The molecule has 2 rings (SSSR count). The molecule has 0 amide bonds. The number of unbranched alkanes of at least 4 members (excludes halogenated alkanes) is 2. The predicted molar refractivity (Wildman–Crippen MR) is 79.3 cm³/mol. The van der Waals surface area contributed by atoms with Crippen LogP contribution in [0.2, 0.25) is 0 Å². The Morgan fingerprint density at radius 3 is 2.94 bits per heavy atom. The molecule has 0 radical (unpaired) electrons. The number of aromatic amines is 1. The molecule has 98 valence electrons. The normalized spacial score (nSPS) is 11.2. The van der Waals surface area contributed by atoms with E-state index in [1.54, 1.807) is 12.1 Å². The number of fused-ring (bicyclic) bond motifs is 1. The van der Waals surface area contributed by atoms with Crippen LogP contribution in [0, 0.1) is 10.6 Å². The highest BCUT2D eigenvalue weighted by Gasteiger charge is 2.05. The summed E-state index contributed by atoms with van der Waals surface area (Å²) in [4.78, 5) is 3.11. The van der Waals surface area contributed by atoms with Crippen LogP contribution in [0.1, 0.15) is 19.3 Å². The lowest BCUT2D eigenvalue weighted by atomic mass is 10.2. The number of aryl methyl sites for hydroxylation is 1. The molecule has 5 heteroatoms. The lowest BCUT2D eigenvalue weighted by Crippen LogP contribution is -1.98. The van der Waals surface area contributed by atoms with E-state index in [1.807, 2.05) is 16.3 Å². The van der Waals surface area contributed by atoms with Gasteiger partial charge >= 0.3 is 0 Å². The van der Waals surface area contributed by atoms with Crippen molar-refractivity contribution in [3.8, 4) is 0 Å². The predicted octanol–water partition coefficient (Wildman–Crippen LogP) is 4.37. The first-order valence-electron chi connectivity index (χ1n) is 6.09. The van der Waals surface area contributed by atoms with Gasteiger partial charge in [0.2, 0.25) is 0 Å². The number of rotatable bonds is 6. The van der Waals surface area contributed by atoms with Gasteiger partial charge in [0.05, 0.1) is 11.0 Å². The molecular weight excluding hydrogens is 267 g/mol. The van der Waals surface area contributed by atoms with Crippen molar-refractivity contribution in [1.29, 1.82) is 0 Å². The van der Waals surface area contributed by atoms with Crippen LogP contribution in [0.5, 0.6) is 0 Å². The van der Waals surface area contributed by atoms with E-state index < -0.39 is 0 Å². The number of hydrogen-bond acceptors (Lipinski definition) is 2. The molecular formula is C13H17FN2S2. The summed E-state index contributed by atoms with van der Waals surface area (Å²) < 4.78 is 15.9. The Bertz CT molecular complexity index is 574. The molecule has 0 aliphatic carbocycles. The van der Waals surface area contributed by atoms with Gasteiger partial charge in [-0.05, 0) is 55.3 Å². The van der Waals surface area contributed by atoms with Crippen LogP contribution in [-0.2, 0) is 6.54 Å². The van der Waals surface area contributed by atoms with Crippen molar-refractivity contribution in [2.75, 3.05) is 12.0 Å². The number of thioether (sulfide) groups is 1. The molecule has 0 spiro atoms. The van der Waals surface area contributed by atoms with E-state index in [0.29, 0.717) is 4.77 Å². The Morgan fingerprint density at radius 1 is 1.33 bits per heavy atom. The Hall–Kier alpha value is -0.810. The van der Waals surface area contributed by atoms with Crippen molar-refractivity contribution in [1.82, 2.24) is 9.55 Å². The van der Waals surface area contributed by atoms with Crippen LogP contribution in [0.4, 0.5) is 4.39 Å². The molecule has 1 aromatic heterocycles. The summed E-state index contributed by atoms with van der Waals surface area (Å²) in [6, 6.07) is 4.74. The fourth-order valence-electron chi connectivity index (χ4n) is 2.04. The summed E-state index contributed by atoms with van der Waals surface area (Å²) in [5.74, 6) is 0.987. The van der Waals surface area contributed by atoms with E-state index >= 15 is 0 Å². The maximum Gasteiger partial charge on any atom is 0.178 e. The quantitative estimate of drug-likeness (QED) is 0.628. The van der Waals surface area contributed by atoms with Gasteiger partial charge in [-0.15, -0.1) is 0 Å². The summed E-state index contributed by atoms with van der Waals surface area (Å²) >= 11 is 7.15. The molecule has 0 unspecified atom stereocenters. The van der Waals surface area contributed by atoms with Gasteiger partial charge in [-0.2, -0.15) is 11.8 Å². The van der Waals surface area contributed by atoms with Gasteiger partial charge in [0, 0.05) is 6.54 Å². The van der Waals surface area contributed by atoms with Gasteiger partial charge in [-0.3, -0.25) is 0 Å². The van der Waals surface area contributed by atoms with Gasteiger partial charge < -0.3 is 9.55 Å². The number of aromatic nitrogens is 2. The molecule has 2 aromatic rings. The zero-order valence-electron chi connectivity index (χ0n) is 10.4. The smallest absolute Gasteiger partial charge is 0.178 e. The van der Waals surface area contributed by atoms with E-state index in [4.69, 9.17) is 12.2 Å². The number of halogens is 1. The van der Waals surface area contributed by atoms with E-state index in [0.717, 1.165) is 24.0 Å². The highest BCUT2D eigenvalue weighted by molar-refractivity contribution is 7.98. The molecule has 18 heavy (non-hydrogen) atoms. The number of nitrogens with one attached hydrogen (secondary N) is 1. The minimum absolute atomic E-state index is 0.215. The summed E-state index contributed by atoms with van der Waals surface area (Å²) in [6.45, 7) is 0.858. The number of hydrogen-bond donors (Lipinski definition) is 1. The first-order chi connectivity index (χ1) is 8.72. The number of imidazole rings is 1. The van der Waals surface area contributed by atoms with Crippen LogP contribution in [0.3, 0.4) is 0 Å². The molecule has 0 bridgehead atoms. The molecule has 0 atom stereocenters. The lowest BCUT2D eigenvalue weighted by molar-refractivity contribution is 0.605. The second-order valence-electron chi connectivity index (χ2n) is 4.30. The summed E-state index contributed by atoms with van der Waals surface area (Å²) in [7, 11) is 0. The molecule has 1 N–H and O–H groups in total. The van der Waals surface area contributed by atoms with Gasteiger partial charge in [-0.1, -0.05) is 6.42 Å². The van der Waals surface area contributed by atoms with E-state index in [9.17, 15) is 4.39 Å². The average molecular weight is 284 g/mol. The first-order valence-corrected chi connectivity index (χ1v) is 7.89. The highest BCUT2D eigenvalue weighted by atomic mass is 32.2. The molecule has 1 aromatic carbocycles. The molecule has 0 aliphatic heterocycles. The van der Waals surface area contributed by atoms with Crippen molar-refractivity contribution in [3.05, 3.63) is 28.8 Å². The van der Waals surface area contributed by atoms with Gasteiger partial charge in [-0.25, -0.2) is 4.39 Å². The Balaban J connectivity index is 2.10. The first kappa shape index (κ1) is 13.6. The third kappa shape index (κ3) is 3.14. The monoisotopic (exact) mass is 284 g/mol. The van der Waals surface area contributed by atoms with Gasteiger partial charge in [0.1, 0.15) is 5.82 Å². The number of benzene rings is 1. The fraction of sp³-hybridized carbons (Fsp3) is 0.462. The van der Waals surface area contributed by atoms with Crippen LogP contribution >= 0.6 is 24.0 Å². The van der Waals surface area contributed by atoms with Gasteiger partial charge in [0.25, 0.3) is 0 Å². The largest absolute Gasteiger partial charge is 0.331 e. The zero-order valence-corrected chi connectivity index (χ0v) is 12.0. The second-order valence-corrected chi connectivity index (χ2v) is 5.67.